The SMILES string of the molecule is CCOC(=O)C(C)Oc1ccc(CNC2CC2)cc1Cl. The number of nitrogens with one attached hydrogen (secondary N) is 1. The smallest absolute Gasteiger partial charge is 0.347 e. The van der Waals surface area contributed by atoms with Crippen LogP contribution in [-0.4, -0.2) is 24.7 Å². The summed E-state index contributed by atoms with van der Waals surface area (Å²) in [4.78, 5) is 11.5. The van der Waals surface area contributed by atoms with Crippen molar-refractivity contribution in [3.8, 4) is 5.75 Å². The number of rotatable bonds is 7. The molecule has 1 N–H and O–H groups in total. The molecule has 0 aliphatic heterocycles. The summed E-state index contributed by atoms with van der Waals surface area (Å²) in [6.45, 7) is 4.56. The summed E-state index contributed by atoms with van der Waals surface area (Å²) >= 11 is 6.18. The van der Waals surface area contributed by atoms with Crippen molar-refractivity contribution >= 4 is 17.6 Å². The topological polar surface area (TPSA) is 47.6 Å². The van der Waals surface area contributed by atoms with Gasteiger partial charge >= 0.3 is 5.97 Å². The molecule has 0 amide bonds. The van der Waals surface area contributed by atoms with Gasteiger partial charge in [-0.1, -0.05) is 17.7 Å². The molecule has 20 heavy (non-hydrogen) atoms. The third-order valence-electron chi connectivity index (χ3n) is 3.09. The third-order valence-corrected chi connectivity index (χ3v) is 3.39. The summed E-state index contributed by atoms with van der Waals surface area (Å²) in [5.74, 6) is 0.116. The molecule has 4 nitrogen and oxygen atoms in total. The predicted octanol–water partition coefficient (Wildman–Crippen LogP) is 2.92. The van der Waals surface area contributed by atoms with Gasteiger partial charge in [0.05, 0.1) is 11.6 Å². The molecule has 5 heteroatoms. The van der Waals surface area contributed by atoms with Gasteiger partial charge in [0.2, 0.25) is 0 Å². The Balaban J connectivity index is 1.92. The molecular formula is C15H20ClNO3. The van der Waals surface area contributed by atoms with Crippen molar-refractivity contribution in [1.29, 1.82) is 0 Å². The van der Waals surface area contributed by atoms with E-state index in [4.69, 9.17) is 21.1 Å². The number of carbonyl (C=O) groups is 1. The molecule has 0 bridgehead atoms. The lowest BCUT2D eigenvalue weighted by atomic mass is 10.2. The van der Waals surface area contributed by atoms with Gasteiger partial charge in [-0.15, -0.1) is 0 Å². The average molecular weight is 298 g/mol. The minimum atomic E-state index is -0.664. The van der Waals surface area contributed by atoms with Gasteiger partial charge in [-0.3, -0.25) is 0 Å². The fourth-order valence-electron chi connectivity index (χ4n) is 1.80. The first-order valence-electron chi connectivity index (χ1n) is 6.95. The number of ether oxygens (including phenoxy) is 2. The highest BCUT2D eigenvalue weighted by Gasteiger charge is 2.20. The van der Waals surface area contributed by atoms with Crippen LogP contribution in [-0.2, 0) is 16.1 Å². The van der Waals surface area contributed by atoms with Crippen LogP contribution in [0.3, 0.4) is 0 Å². The lowest BCUT2D eigenvalue weighted by Gasteiger charge is -2.15. The molecular weight excluding hydrogens is 278 g/mol. The van der Waals surface area contributed by atoms with E-state index in [1.54, 1.807) is 19.9 Å². The second-order valence-electron chi connectivity index (χ2n) is 4.93. The molecule has 1 aliphatic rings. The maximum atomic E-state index is 11.5. The zero-order valence-corrected chi connectivity index (χ0v) is 12.6. The average Bonchev–Trinajstić information content (AvgIpc) is 3.23. The molecule has 0 heterocycles. The zero-order chi connectivity index (χ0) is 14.5. The summed E-state index contributed by atoms with van der Waals surface area (Å²) in [5, 5.41) is 3.93. The fraction of sp³-hybridized carbons (Fsp3) is 0.533. The molecule has 0 radical (unpaired) electrons. The van der Waals surface area contributed by atoms with E-state index in [0.29, 0.717) is 23.4 Å². The second-order valence-corrected chi connectivity index (χ2v) is 5.34. The Labute approximate surface area is 124 Å². The van der Waals surface area contributed by atoms with E-state index >= 15 is 0 Å². The van der Waals surface area contributed by atoms with Crippen LogP contribution < -0.4 is 10.1 Å². The first-order valence-corrected chi connectivity index (χ1v) is 7.33. The van der Waals surface area contributed by atoms with Crippen LogP contribution in [0.1, 0.15) is 32.3 Å². The number of hydrogen-bond donors (Lipinski definition) is 1. The van der Waals surface area contributed by atoms with Gasteiger partial charge in [-0.2, -0.15) is 0 Å². The van der Waals surface area contributed by atoms with Gasteiger partial charge in [0.15, 0.2) is 6.10 Å². The first-order chi connectivity index (χ1) is 9.60. The highest BCUT2D eigenvalue weighted by Crippen LogP contribution is 2.27. The molecule has 0 aromatic heterocycles. The van der Waals surface area contributed by atoms with Gasteiger partial charge in [0.25, 0.3) is 0 Å². The minimum Gasteiger partial charge on any atom is -0.477 e. The number of benzene rings is 1. The van der Waals surface area contributed by atoms with Crippen molar-refractivity contribution in [2.45, 2.75) is 45.4 Å². The van der Waals surface area contributed by atoms with Crippen molar-refractivity contribution < 1.29 is 14.3 Å². The van der Waals surface area contributed by atoms with Crippen LogP contribution in [0.25, 0.3) is 0 Å². The Bertz CT molecular complexity index is 474. The lowest BCUT2D eigenvalue weighted by molar-refractivity contribution is -0.150. The second kappa shape index (κ2) is 6.95. The number of hydrogen-bond acceptors (Lipinski definition) is 4. The van der Waals surface area contributed by atoms with E-state index in [2.05, 4.69) is 5.32 Å². The molecule has 1 fully saturated rings. The van der Waals surface area contributed by atoms with Gasteiger partial charge < -0.3 is 14.8 Å². The summed E-state index contributed by atoms with van der Waals surface area (Å²) in [5.41, 5.74) is 1.11. The predicted molar refractivity (Wildman–Crippen MR) is 78.0 cm³/mol. The summed E-state index contributed by atoms with van der Waals surface area (Å²) < 4.78 is 10.4. The van der Waals surface area contributed by atoms with Crippen LogP contribution in [0.4, 0.5) is 0 Å². The van der Waals surface area contributed by atoms with E-state index in [-0.39, 0.29) is 5.97 Å². The van der Waals surface area contributed by atoms with Gasteiger partial charge in [0.1, 0.15) is 5.75 Å². The number of halogens is 1. The number of esters is 1. The molecule has 1 atom stereocenters. The van der Waals surface area contributed by atoms with E-state index in [1.807, 2.05) is 12.1 Å². The molecule has 0 saturated heterocycles. The Morgan fingerprint density at radius 2 is 2.25 bits per heavy atom. The van der Waals surface area contributed by atoms with Gasteiger partial charge in [0, 0.05) is 12.6 Å². The molecule has 1 aliphatic carbocycles. The van der Waals surface area contributed by atoms with Crippen LogP contribution in [0.15, 0.2) is 18.2 Å². The van der Waals surface area contributed by atoms with E-state index in [1.165, 1.54) is 12.8 Å². The summed E-state index contributed by atoms with van der Waals surface area (Å²) in [7, 11) is 0. The van der Waals surface area contributed by atoms with Crippen molar-refractivity contribution in [3.63, 3.8) is 0 Å². The van der Waals surface area contributed by atoms with E-state index in [9.17, 15) is 4.79 Å². The molecule has 1 aromatic carbocycles. The Hall–Kier alpha value is -1.26. The van der Waals surface area contributed by atoms with Crippen LogP contribution in [0.2, 0.25) is 5.02 Å². The van der Waals surface area contributed by atoms with Crippen molar-refractivity contribution in [1.82, 2.24) is 5.32 Å². The summed E-state index contributed by atoms with van der Waals surface area (Å²) in [6, 6.07) is 6.27. The quantitative estimate of drug-likeness (QED) is 0.786. The van der Waals surface area contributed by atoms with Crippen molar-refractivity contribution in [2.75, 3.05) is 6.61 Å². The van der Waals surface area contributed by atoms with E-state index < -0.39 is 6.10 Å². The minimum absolute atomic E-state index is 0.339. The van der Waals surface area contributed by atoms with Crippen LogP contribution in [0, 0.1) is 0 Å². The summed E-state index contributed by atoms with van der Waals surface area (Å²) in [6.07, 6.45) is 1.85. The number of carbonyl (C=O) groups excluding carboxylic acids is 1. The molecule has 1 aromatic rings. The zero-order valence-electron chi connectivity index (χ0n) is 11.8. The third kappa shape index (κ3) is 4.39. The largest absolute Gasteiger partial charge is 0.477 e. The normalized spacial score (nSPS) is 15.8. The Morgan fingerprint density at radius 3 is 2.85 bits per heavy atom. The van der Waals surface area contributed by atoms with Crippen molar-refractivity contribution in [3.05, 3.63) is 28.8 Å². The molecule has 110 valence electrons. The van der Waals surface area contributed by atoms with Crippen LogP contribution in [0.5, 0.6) is 5.75 Å². The highest BCUT2D eigenvalue weighted by molar-refractivity contribution is 6.32. The van der Waals surface area contributed by atoms with Crippen molar-refractivity contribution in [2.24, 2.45) is 0 Å². The standard InChI is InChI=1S/C15H20ClNO3/c1-3-19-15(18)10(2)20-14-7-4-11(8-13(14)16)9-17-12-5-6-12/h4,7-8,10,12,17H,3,5-6,9H2,1-2H3. The molecule has 1 unspecified atom stereocenters. The Morgan fingerprint density at radius 1 is 1.50 bits per heavy atom. The Kier molecular flexibility index (Phi) is 5.26. The van der Waals surface area contributed by atoms with Gasteiger partial charge in [-0.05, 0) is 44.4 Å². The van der Waals surface area contributed by atoms with Gasteiger partial charge in [-0.25, -0.2) is 4.79 Å². The fourth-order valence-corrected chi connectivity index (χ4v) is 2.05. The first kappa shape index (κ1) is 15.1. The molecule has 1 saturated carbocycles. The maximum absolute atomic E-state index is 11.5. The highest BCUT2D eigenvalue weighted by atomic mass is 35.5. The molecule has 0 spiro atoms. The monoisotopic (exact) mass is 297 g/mol. The van der Waals surface area contributed by atoms with E-state index in [0.717, 1.165) is 12.1 Å². The molecule has 2 rings (SSSR count). The maximum Gasteiger partial charge on any atom is 0.347 e. The van der Waals surface area contributed by atoms with Crippen LogP contribution >= 0.6 is 11.6 Å². The lowest BCUT2D eigenvalue weighted by Crippen LogP contribution is -2.26.